The van der Waals surface area contributed by atoms with Crippen molar-refractivity contribution in [2.45, 2.75) is 20.0 Å². The molecule has 1 N–H and O–H groups in total. The molecule has 4 heteroatoms. The second-order valence-electron chi connectivity index (χ2n) is 5.22. The van der Waals surface area contributed by atoms with Crippen molar-refractivity contribution in [3.8, 4) is 17.6 Å². The van der Waals surface area contributed by atoms with Crippen molar-refractivity contribution in [1.82, 2.24) is 5.32 Å². The highest BCUT2D eigenvalue weighted by atomic mass is 16.5. The van der Waals surface area contributed by atoms with Gasteiger partial charge in [-0.15, -0.1) is 0 Å². The summed E-state index contributed by atoms with van der Waals surface area (Å²) in [7, 11) is 1.63. The van der Waals surface area contributed by atoms with E-state index in [9.17, 15) is 4.79 Å². The summed E-state index contributed by atoms with van der Waals surface area (Å²) >= 11 is 0. The normalized spacial score (nSPS) is 9.58. The van der Waals surface area contributed by atoms with Crippen LogP contribution in [0.1, 0.15) is 23.1 Å². The molecule has 0 aliphatic heterocycles. The first-order valence-electron chi connectivity index (χ1n) is 7.77. The number of methoxy groups -OCH3 is 1. The maximum atomic E-state index is 11.6. The molecule has 0 aliphatic rings. The molecule has 0 saturated carbocycles. The summed E-state index contributed by atoms with van der Waals surface area (Å²) in [6.07, 6.45) is 0.120. The molecule has 2 rings (SSSR count). The van der Waals surface area contributed by atoms with Gasteiger partial charge in [-0.05, 0) is 30.2 Å². The Morgan fingerprint density at radius 2 is 1.96 bits per heavy atom. The fourth-order valence-electron chi connectivity index (χ4n) is 2.02. The van der Waals surface area contributed by atoms with Crippen LogP contribution < -0.4 is 10.1 Å². The molecule has 24 heavy (non-hydrogen) atoms. The van der Waals surface area contributed by atoms with Crippen LogP contribution in [0.5, 0.6) is 5.75 Å². The van der Waals surface area contributed by atoms with E-state index in [0.717, 1.165) is 22.4 Å². The fourth-order valence-corrected chi connectivity index (χ4v) is 2.02. The van der Waals surface area contributed by atoms with Crippen LogP contribution in [0.15, 0.2) is 48.5 Å². The number of ether oxygens (including phenoxy) is 2. The van der Waals surface area contributed by atoms with E-state index in [1.165, 1.54) is 0 Å². The quantitative estimate of drug-likeness (QED) is 0.674. The standard InChI is InChI=1S/C20H21NO3/c1-16-11-12-19(23-2)14-18(16)10-6-7-13-21-20(22)24-15-17-8-4-3-5-9-17/h3-5,8-9,11-12,14H,7,13,15H2,1-2H3,(H,21,22). The van der Waals surface area contributed by atoms with E-state index in [0.29, 0.717) is 13.0 Å². The summed E-state index contributed by atoms with van der Waals surface area (Å²) in [5, 5.41) is 2.69. The second kappa shape index (κ2) is 9.26. The number of benzene rings is 2. The lowest BCUT2D eigenvalue weighted by atomic mass is 10.1. The summed E-state index contributed by atoms with van der Waals surface area (Å²) in [4.78, 5) is 11.6. The lowest BCUT2D eigenvalue weighted by Gasteiger charge is -2.05. The third-order valence-corrected chi connectivity index (χ3v) is 3.40. The van der Waals surface area contributed by atoms with Gasteiger partial charge in [0.1, 0.15) is 12.4 Å². The number of rotatable bonds is 5. The predicted molar refractivity (Wildman–Crippen MR) is 93.9 cm³/mol. The first-order valence-corrected chi connectivity index (χ1v) is 7.77. The zero-order valence-corrected chi connectivity index (χ0v) is 14.0. The number of hydrogen-bond acceptors (Lipinski definition) is 3. The average molecular weight is 323 g/mol. The van der Waals surface area contributed by atoms with E-state index < -0.39 is 6.09 Å². The molecular weight excluding hydrogens is 302 g/mol. The van der Waals surface area contributed by atoms with E-state index in [4.69, 9.17) is 9.47 Å². The largest absolute Gasteiger partial charge is 0.497 e. The van der Waals surface area contributed by atoms with Gasteiger partial charge in [0, 0.05) is 18.5 Å². The predicted octanol–water partition coefficient (Wildman–Crippen LogP) is 3.67. The topological polar surface area (TPSA) is 47.6 Å². The van der Waals surface area contributed by atoms with Gasteiger partial charge in [0.15, 0.2) is 0 Å². The molecule has 0 saturated heterocycles. The highest BCUT2D eigenvalue weighted by Gasteiger charge is 2.01. The van der Waals surface area contributed by atoms with Crippen molar-refractivity contribution < 1.29 is 14.3 Å². The van der Waals surface area contributed by atoms with Crippen molar-refractivity contribution >= 4 is 6.09 Å². The van der Waals surface area contributed by atoms with Crippen LogP contribution in [0.25, 0.3) is 0 Å². The van der Waals surface area contributed by atoms with Crippen LogP contribution >= 0.6 is 0 Å². The first-order chi connectivity index (χ1) is 11.7. The van der Waals surface area contributed by atoms with Crippen molar-refractivity contribution in [1.29, 1.82) is 0 Å². The Kier molecular flexibility index (Phi) is 6.73. The molecule has 2 aromatic rings. The molecule has 0 fully saturated rings. The number of carbonyl (C=O) groups is 1. The van der Waals surface area contributed by atoms with Gasteiger partial charge in [0.05, 0.1) is 7.11 Å². The van der Waals surface area contributed by atoms with E-state index in [2.05, 4.69) is 17.2 Å². The van der Waals surface area contributed by atoms with E-state index in [1.54, 1.807) is 7.11 Å². The van der Waals surface area contributed by atoms with Gasteiger partial charge in [-0.25, -0.2) is 4.79 Å². The van der Waals surface area contributed by atoms with Gasteiger partial charge in [-0.1, -0.05) is 48.2 Å². The summed E-state index contributed by atoms with van der Waals surface area (Å²) in [5.41, 5.74) is 2.99. The van der Waals surface area contributed by atoms with E-state index in [-0.39, 0.29) is 6.61 Å². The second-order valence-corrected chi connectivity index (χ2v) is 5.22. The Morgan fingerprint density at radius 1 is 1.17 bits per heavy atom. The maximum Gasteiger partial charge on any atom is 0.407 e. The summed E-state index contributed by atoms with van der Waals surface area (Å²) < 4.78 is 10.3. The maximum absolute atomic E-state index is 11.6. The highest BCUT2D eigenvalue weighted by Crippen LogP contribution is 2.15. The molecule has 0 aliphatic carbocycles. The number of nitrogens with one attached hydrogen (secondary N) is 1. The molecule has 0 heterocycles. The third-order valence-electron chi connectivity index (χ3n) is 3.40. The molecule has 2 aromatic carbocycles. The Balaban J connectivity index is 1.72. The number of amides is 1. The van der Waals surface area contributed by atoms with Gasteiger partial charge in [-0.2, -0.15) is 0 Å². The third kappa shape index (κ3) is 5.69. The van der Waals surface area contributed by atoms with Crippen LogP contribution in [0.3, 0.4) is 0 Å². The van der Waals surface area contributed by atoms with Crippen LogP contribution in [0, 0.1) is 18.8 Å². The minimum absolute atomic E-state index is 0.265. The smallest absolute Gasteiger partial charge is 0.407 e. The summed E-state index contributed by atoms with van der Waals surface area (Å²) in [6.45, 7) is 2.72. The summed E-state index contributed by atoms with van der Waals surface area (Å²) in [6, 6.07) is 15.4. The van der Waals surface area contributed by atoms with Crippen LogP contribution in [-0.2, 0) is 11.3 Å². The molecule has 4 nitrogen and oxygen atoms in total. The van der Waals surface area contributed by atoms with Gasteiger partial charge in [0.2, 0.25) is 0 Å². The molecule has 0 spiro atoms. The van der Waals surface area contributed by atoms with Crippen molar-refractivity contribution in [3.05, 3.63) is 65.2 Å². The minimum atomic E-state index is -0.432. The number of carbonyl (C=O) groups excluding carboxylic acids is 1. The lowest BCUT2D eigenvalue weighted by Crippen LogP contribution is -2.24. The van der Waals surface area contributed by atoms with Crippen molar-refractivity contribution in [2.24, 2.45) is 0 Å². The van der Waals surface area contributed by atoms with Crippen LogP contribution in [0.4, 0.5) is 4.79 Å². The Hall–Kier alpha value is -2.93. The van der Waals surface area contributed by atoms with Gasteiger partial charge in [0.25, 0.3) is 0 Å². The molecule has 0 radical (unpaired) electrons. The van der Waals surface area contributed by atoms with Gasteiger partial charge in [-0.3, -0.25) is 0 Å². The average Bonchev–Trinajstić information content (AvgIpc) is 2.62. The Labute approximate surface area is 142 Å². The molecule has 0 aromatic heterocycles. The van der Waals surface area contributed by atoms with Crippen molar-refractivity contribution in [3.63, 3.8) is 0 Å². The fraction of sp³-hybridized carbons (Fsp3) is 0.250. The molecule has 0 atom stereocenters. The van der Waals surface area contributed by atoms with Gasteiger partial charge >= 0.3 is 6.09 Å². The minimum Gasteiger partial charge on any atom is -0.497 e. The van der Waals surface area contributed by atoms with Crippen molar-refractivity contribution in [2.75, 3.05) is 13.7 Å². The van der Waals surface area contributed by atoms with Crippen LogP contribution in [0.2, 0.25) is 0 Å². The molecule has 0 bridgehead atoms. The zero-order chi connectivity index (χ0) is 17.2. The first kappa shape index (κ1) is 17.4. The zero-order valence-electron chi connectivity index (χ0n) is 14.0. The molecule has 0 unspecified atom stereocenters. The number of alkyl carbamates (subject to hydrolysis) is 1. The Morgan fingerprint density at radius 3 is 2.71 bits per heavy atom. The van der Waals surface area contributed by atoms with Crippen LogP contribution in [-0.4, -0.2) is 19.7 Å². The highest BCUT2D eigenvalue weighted by molar-refractivity contribution is 5.67. The lowest BCUT2D eigenvalue weighted by molar-refractivity contribution is 0.140. The number of hydrogen-bond donors (Lipinski definition) is 1. The molecule has 1 amide bonds. The van der Waals surface area contributed by atoms with E-state index in [1.807, 2.05) is 55.5 Å². The summed E-state index contributed by atoms with van der Waals surface area (Å²) in [5.74, 6) is 6.93. The Bertz CT molecular complexity index is 730. The molecule has 124 valence electrons. The van der Waals surface area contributed by atoms with Gasteiger partial charge < -0.3 is 14.8 Å². The van der Waals surface area contributed by atoms with E-state index >= 15 is 0 Å². The number of aryl methyl sites for hydroxylation is 1. The monoisotopic (exact) mass is 323 g/mol. The SMILES string of the molecule is COc1ccc(C)c(C#CCCNC(=O)OCc2ccccc2)c1. The molecular formula is C20H21NO3.